The second kappa shape index (κ2) is 5.22. The second-order valence-electron chi connectivity index (χ2n) is 3.69. The van der Waals surface area contributed by atoms with Gasteiger partial charge in [0.1, 0.15) is 16.6 Å². The zero-order valence-electron chi connectivity index (χ0n) is 9.38. The Labute approximate surface area is 121 Å². The van der Waals surface area contributed by atoms with Crippen molar-refractivity contribution in [3.8, 4) is 11.5 Å². The van der Waals surface area contributed by atoms with Crippen LogP contribution in [0.1, 0.15) is 0 Å². The molecule has 100 valence electrons. The summed E-state index contributed by atoms with van der Waals surface area (Å²) in [5, 5.41) is -0.290. The van der Waals surface area contributed by atoms with Crippen molar-refractivity contribution < 1.29 is 13.5 Å². The summed E-state index contributed by atoms with van der Waals surface area (Å²) >= 11 is 8.66. The van der Waals surface area contributed by atoms with Crippen molar-refractivity contribution in [1.82, 2.24) is 0 Å². The molecule has 0 spiro atoms. The van der Waals surface area contributed by atoms with Crippen molar-refractivity contribution >= 4 is 38.9 Å². The molecule has 0 atom stereocenters. The first-order valence-corrected chi connectivity index (χ1v) is 6.23. The van der Waals surface area contributed by atoms with E-state index >= 15 is 0 Å². The maximum absolute atomic E-state index is 13.9. The number of hydrogen-bond donors (Lipinski definition) is 2. The summed E-state index contributed by atoms with van der Waals surface area (Å²) in [4.78, 5) is 0. The van der Waals surface area contributed by atoms with Crippen molar-refractivity contribution in [2.45, 2.75) is 0 Å². The normalized spacial score (nSPS) is 10.5. The molecule has 2 aromatic carbocycles. The highest BCUT2D eigenvalue weighted by Crippen LogP contribution is 2.38. The Hall–Kier alpha value is -1.53. The monoisotopic (exact) mass is 348 g/mol. The largest absolute Gasteiger partial charge is 0.452 e. The summed E-state index contributed by atoms with van der Waals surface area (Å²) in [5.41, 5.74) is 11.0. The van der Waals surface area contributed by atoms with Gasteiger partial charge in [-0.05, 0) is 34.1 Å². The Kier molecular flexibility index (Phi) is 3.82. The molecule has 0 amide bonds. The molecule has 0 aromatic heterocycles. The van der Waals surface area contributed by atoms with Gasteiger partial charge in [0.05, 0.1) is 15.8 Å². The molecule has 0 bridgehead atoms. The first-order valence-electron chi connectivity index (χ1n) is 5.06. The molecular weight excluding hydrogens is 341 g/mol. The molecule has 0 heterocycles. The molecule has 7 heteroatoms. The maximum Gasteiger partial charge on any atom is 0.188 e. The van der Waals surface area contributed by atoms with Crippen LogP contribution in [0.3, 0.4) is 0 Å². The standard InChI is InChI=1S/C12H8BrClF2N2O/c13-6-2-1-5(3-7(6)15)19-12-9(18)4-8(17)10(14)11(12)16/h1-4H,17-18H2. The third kappa shape index (κ3) is 2.74. The van der Waals surface area contributed by atoms with Gasteiger partial charge in [-0.2, -0.15) is 0 Å². The minimum atomic E-state index is -0.887. The van der Waals surface area contributed by atoms with E-state index in [9.17, 15) is 8.78 Å². The van der Waals surface area contributed by atoms with Crippen LogP contribution >= 0.6 is 27.5 Å². The summed E-state index contributed by atoms with van der Waals surface area (Å²) in [6, 6.07) is 5.25. The molecule has 0 aliphatic rings. The highest BCUT2D eigenvalue weighted by atomic mass is 79.9. The molecule has 0 saturated heterocycles. The molecule has 0 aliphatic carbocycles. The summed E-state index contributed by atoms with van der Waals surface area (Å²) in [6.07, 6.45) is 0. The van der Waals surface area contributed by atoms with Gasteiger partial charge in [0.2, 0.25) is 0 Å². The minimum Gasteiger partial charge on any atom is -0.452 e. The van der Waals surface area contributed by atoms with Crippen LogP contribution < -0.4 is 16.2 Å². The van der Waals surface area contributed by atoms with Gasteiger partial charge < -0.3 is 16.2 Å². The Bertz CT molecular complexity index is 652. The van der Waals surface area contributed by atoms with E-state index < -0.39 is 11.6 Å². The van der Waals surface area contributed by atoms with Crippen LogP contribution in [0.25, 0.3) is 0 Å². The van der Waals surface area contributed by atoms with Gasteiger partial charge >= 0.3 is 0 Å². The third-order valence-corrected chi connectivity index (χ3v) is 3.36. The molecular formula is C12H8BrClF2N2O. The second-order valence-corrected chi connectivity index (χ2v) is 4.92. The fraction of sp³-hybridized carbons (Fsp3) is 0. The van der Waals surface area contributed by atoms with Gasteiger partial charge in [-0.25, -0.2) is 8.78 Å². The molecule has 0 fully saturated rings. The van der Waals surface area contributed by atoms with Gasteiger partial charge in [-0.3, -0.25) is 0 Å². The smallest absolute Gasteiger partial charge is 0.188 e. The van der Waals surface area contributed by atoms with Crippen LogP contribution in [0.4, 0.5) is 20.2 Å². The highest BCUT2D eigenvalue weighted by Gasteiger charge is 2.16. The number of rotatable bonds is 2. The summed E-state index contributed by atoms with van der Waals surface area (Å²) < 4.78 is 32.7. The molecule has 4 N–H and O–H groups in total. The minimum absolute atomic E-state index is 0.00556. The lowest BCUT2D eigenvalue weighted by Gasteiger charge is -2.12. The van der Waals surface area contributed by atoms with Crippen molar-refractivity contribution in [2.24, 2.45) is 0 Å². The summed E-state index contributed by atoms with van der Waals surface area (Å²) in [5.74, 6) is -1.63. The predicted molar refractivity (Wildman–Crippen MR) is 74.4 cm³/mol. The Balaban J connectivity index is 2.43. The lowest BCUT2D eigenvalue weighted by Crippen LogP contribution is -1.99. The number of ether oxygens (including phenoxy) is 1. The number of anilines is 2. The van der Waals surface area contributed by atoms with Gasteiger partial charge in [-0.15, -0.1) is 0 Å². The topological polar surface area (TPSA) is 61.3 Å². The van der Waals surface area contributed by atoms with E-state index in [4.69, 9.17) is 27.8 Å². The summed E-state index contributed by atoms with van der Waals surface area (Å²) in [6.45, 7) is 0. The van der Waals surface area contributed by atoms with Crippen LogP contribution in [0.5, 0.6) is 11.5 Å². The third-order valence-electron chi connectivity index (χ3n) is 2.33. The lowest BCUT2D eigenvalue weighted by molar-refractivity contribution is 0.441. The molecule has 0 saturated carbocycles. The molecule has 0 unspecified atom stereocenters. The summed E-state index contributed by atoms with van der Waals surface area (Å²) in [7, 11) is 0. The molecule has 3 nitrogen and oxygen atoms in total. The van der Waals surface area contributed by atoms with Gasteiger partial charge in [0, 0.05) is 6.07 Å². The fourth-order valence-electron chi connectivity index (χ4n) is 1.41. The molecule has 2 rings (SSSR count). The first kappa shape index (κ1) is 13.9. The zero-order chi connectivity index (χ0) is 14.2. The van der Waals surface area contributed by atoms with Crippen molar-refractivity contribution in [3.63, 3.8) is 0 Å². The van der Waals surface area contributed by atoms with E-state index in [1.807, 2.05) is 0 Å². The van der Waals surface area contributed by atoms with Crippen molar-refractivity contribution in [1.29, 1.82) is 0 Å². The molecule has 0 radical (unpaired) electrons. The number of halogens is 4. The van der Waals surface area contributed by atoms with Crippen LogP contribution in [0.15, 0.2) is 28.7 Å². The van der Waals surface area contributed by atoms with E-state index in [2.05, 4.69) is 15.9 Å². The average Bonchev–Trinajstić information content (AvgIpc) is 2.36. The van der Waals surface area contributed by atoms with Crippen LogP contribution in [-0.2, 0) is 0 Å². The van der Waals surface area contributed by atoms with Gasteiger partial charge in [-0.1, -0.05) is 11.6 Å². The van der Waals surface area contributed by atoms with Gasteiger partial charge in [0.25, 0.3) is 0 Å². The Morgan fingerprint density at radius 2 is 1.79 bits per heavy atom. The maximum atomic E-state index is 13.9. The zero-order valence-corrected chi connectivity index (χ0v) is 11.7. The van der Waals surface area contributed by atoms with E-state index in [1.54, 1.807) is 0 Å². The van der Waals surface area contributed by atoms with E-state index in [0.29, 0.717) is 0 Å². The average molecular weight is 350 g/mol. The lowest BCUT2D eigenvalue weighted by atomic mass is 10.2. The molecule has 19 heavy (non-hydrogen) atoms. The quantitative estimate of drug-likeness (QED) is 0.793. The number of nitrogen functional groups attached to an aromatic ring is 2. The van der Waals surface area contributed by atoms with Crippen molar-refractivity contribution in [3.05, 3.63) is 45.4 Å². The van der Waals surface area contributed by atoms with Gasteiger partial charge in [0.15, 0.2) is 11.6 Å². The highest BCUT2D eigenvalue weighted by molar-refractivity contribution is 9.10. The predicted octanol–water partition coefficient (Wildman–Crippen LogP) is 4.34. The Morgan fingerprint density at radius 1 is 1.11 bits per heavy atom. The first-order chi connectivity index (χ1) is 8.90. The fourth-order valence-corrected chi connectivity index (χ4v) is 1.80. The van der Waals surface area contributed by atoms with Crippen molar-refractivity contribution in [2.75, 3.05) is 11.5 Å². The van der Waals surface area contributed by atoms with Crippen LogP contribution in [-0.4, -0.2) is 0 Å². The van der Waals surface area contributed by atoms with Crippen LogP contribution in [0.2, 0.25) is 5.02 Å². The molecule has 2 aromatic rings. The van der Waals surface area contributed by atoms with Crippen LogP contribution in [0, 0.1) is 11.6 Å². The number of benzene rings is 2. The molecule has 0 aliphatic heterocycles. The number of hydrogen-bond acceptors (Lipinski definition) is 3. The van der Waals surface area contributed by atoms with E-state index in [-0.39, 0.29) is 32.4 Å². The number of nitrogens with two attached hydrogens (primary N) is 2. The van der Waals surface area contributed by atoms with E-state index in [0.717, 1.165) is 6.07 Å². The Morgan fingerprint density at radius 3 is 2.42 bits per heavy atom. The SMILES string of the molecule is Nc1cc(N)c(Oc2ccc(Br)c(F)c2)c(F)c1Cl. The van der Waals surface area contributed by atoms with E-state index in [1.165, 1.54) is 18.2 Å².